The molecule has 0 spiro atoms. The molecule has 2 aromatic carbocycles. The van der Waals surface area contributed by atoms with Crippen molar-refractivity contribution in [2.24, 2.45) is 0 Å². The van der Waals surface area contributed by atoms with Crippen LogP contribution in [0.4, 0.5) is 0 Å². The molecule has 0 aliphatic carbocycles. The van der Waals surface area contributed by atoms with Crippen LogP contribution in [0.25, 0.3) is 6.08 Å². The Balaban J connectivity index is 1.86. The Morgan fingerprint density at radius 1 is 1.03 bits per heavy atom. The standard InChI is InChI=1S/C26H30N2O3/c1-3-27(4-2)18-11-19-28-24(21-14-9-6-10-15-21)23(25(30)26(28)31)22(29)17-16-20-12-7-5-8-13-20/h5-10,12-17,24,30H,3-4,11,18-19H2,1-2H3. The lowest BCUT2D eigenvalue weighted by atomic mass is 9.95. The molecule has 0 fully saturated rings. The van der Waals surface area contributed by atoms with E-state index in [-0.39, 0.29) is 11.4 Å². The Morgan fingerprint density at radius 3 is 2.26 bits per heavy atom. The van der Waals surface area contributed by atoms with E-state index < -0.39 is 17.7 Å². The third-order valence-corrected chi connectivity index (χ3v) is 5.68. The highest BCUT2D eigenvalue weighted by atomic mass is 16.3. The fraction of sp³-hybridized carbons (Fsp3) is 0.308. The summed E-state index contributed by atoms with van der Waals surface area (Å²) in [4.78, 5) is 29.9. The first kappa shape index (κ1) is 22.5. The van der Waals surface area contributed by atoms with Crippen LogP contribution in [0.1, 0.15) is 37.4 Å². The number of hydrogen-bond acceptors (Lipinski definition) is 4. The van der Waals surface area contributed by atoms with Crippen molar-refractivity contribution in [1.82, 2.24) is 9.80 Å². The zero-order valence-corrected chi connectivity index (χ0v) is 18.2. The maximum Gasteiger partial charge on any atom is 0.290 e. The topological polar surface area (TPSA) is 60.9 Å². The minimum Gasteiger partial charge on any atom is -0.503 e. The van der Waals surface area contributed by atoms with Gasteiger partial charge in [0.05, 0.1) is 11.6 Å². The van der Waals surface area contributed by atoms with Crippen molar-refractivity contribution in [3.05, 3.63) is 89.2 Å². The first-order valence-corrected chi connectivity index (χ1v) is 10.9. The Morgan fingerprint density at radius 2 is 1.65 bits per heavy atom. The van der Waals surface area contributed by atoms with Crippen molar-refractivity contribution in [2.75, 3.05) is 26.2 Å². The van der Waals surface area contributed by atoms with Gasteiger partial charge in [0.15, 0.2) is 11.5 Å². The molecule has 162 valence electrons. The van der Waals surface area contributed by atoms with Gasteiger partial charge in [-0.1, -0.05) is 80.6 Å². The lowest BCUT2D eigenvalue weighted by Gasteiger charge is -2.28. The highest BCUT2D eigenvalue weighted by molar-refractivity contribution is 6.14. The second kappa shape index (κ2) is 10.7. The number of benzene rings is 2. The largest absolute Gasteiger partial charge is 0.503 e. The van der Waals surface area contributed by atoms with Crippen LogP contribution < -0.4 is 0 Å². The van der Waals surface area contributed by atoms with E-state index in [9.17, 15) is 14.7 Å². The molecular weight excluding hydrogens is 388 g/mol. The number of carbonyl (C=O) groups excluding carboxylic acids is 2. The lowest BCUT2D eigenvalue weighted by molar-refractivity contribution is -0.129. The van der Waals surface area contributed by atoms with Crippen LogP contribution in [0.5, 0.6) is 0 Å². The molecule has 31 heavy (non-hydrogen) atoms. The molecular formula is C26H30N2O3. The molecule has 1 amide bonds. The molecule has 0 saturated heterocycles. The Bertz CT molecular complexity index is 947. The van der Waals surface area contributed by atoms with E-state index in [2.05, 4.69) is 18.7 Å². The highest BCUT2D eigenvalue weighted by Gasteiger charge is 2.42. The molecule has 5 heteroatoms. The normalized spacial score (nSPS) is 16.7. The minimum atomic E-state index is -0.585. The maximum absolute atomic E-state index is 13.1. The molecule has 1 atom stereocenters. The second-order valence-corrected chi connectivity index (χ2v) is 7.56. The van der Waals surface area contributed by atoms with Gasteiger partial charge in [0, 0.05) is 6.54 Å². The second-order valence-electron chi connectivity index (χ2n) is 7.56. The summed E-state index contributed by atoms with van der Waals surface area (Å²) in [7, 11) is 0. The van der Waals surface area contributed by atoms with Gasteiger partial charge >= 0.3 is 0 Å². The number of carbonyl (C=O) groups is 2. The number of allylic oxidation sites excluding steroid dienone is 1. The van der Waals surface area contributed by atoms with Crippen LogP contribution in [-0.2, 0) is 9.59 Å². The monoisotopic (exact) mass is 418 g/mol. The van der Waals surface area contributed by atoms with E-state index in [1.807, 2.05) is 60.7 Å². The van der Waals surface area contributed by atoms with E-state index in [1.165, 1.54) is 6.08 Å². The first-order valence-electron chi connectivity index (χ1n) is 10.9. The van der Waals surface area contributed by atoms with E-state index in [1.54, 1.807) is 11.0 Å². The van der Waals surface area contributed by atoms with Crippen molar-refractivity contribution in [1.29, 1.82) is 0 Å². The highest BCUT2D eigenvalue weighted by Crippen LogP contribution is 2.38. The molecule has 3 rings (SSSR count). The molecule has 1 N–H and O–H groups in total. The molecule has 1 unspecified atom stereocenters. The summed E-state index contributed by atoms with van der Waals surface area (Å²) in [6.45, 7) is 7.45. The van der Waals surface area contributed by atoms with Crippen molar-refractivity contribution in [2.45, 2.75) is 26.3 Å². The summed E-state index contributed by atoms with van der Waals surface area (Å²) in [5.74, 6) is -1.28. The molecule has 1 aliphatic heterocycles. The third-order valence-electron chi connectivity index (χ3n) is 5.68. The number of aliphatic hydroxyl groups is 1. The molecule has 0 saturated carbocycles. The van der Waals surface area contributed by atoms with Crippen molar-refractivity contribution in [3.8, 4) is 0 Å². The number of amides is 1. The smallest absolute Gasteiger partial charge is 0.290 e. The van der Waals surface area contributed by atoms with Crippen LogP contribution >= 0.6 is 0 Å². The molecule has 1 heterocycles. The van der Waals surface area contributed by atoms with Crippen molar-refractivity contribution in [3.63, 3.8) is 0 Å². The predicted molar refractivity (Wildman–Crippen MR) is 123 cm³/mol. The van der Waals surface area contributed by atoms with Gasteiger partial charge in [-0.2, -0.15) is 0 Å². The minimum absolute atomic E-state index is 0.145. The van der Waals surface area contributed by atoms with Gasteiger partial charge < -0.3 is 14.9 Å². The van der Waals surface area contributed by atoms with E-state index >= 15 is 0 Å². The Hall–Kier alpha value is -3.18. The fourth-order valence-electron chi connectivity index (χ4n) is 3.95. The van der Waals surface area contributed by atoms with Crippen LogP contribution in [0.3, 0.4) is 0 Å². The molecule has 0 bridgehead atoms. The first-order chi connectivity index (χ1) is 15.1. The zero-order valence-electron chi connectivity index (χ0n) is 18.2. The molecule has 1 aliphatic rings. The number of nitrogens with zero attached hydrogens (tertiary/aromatic N) is 2. The summed E-state index contributed by atoms with van der Waals surface area (Å²) < 4.78 is 0. The SMILES string of the molecule is CCN(CC)CCCN1C(=O)C(O)=C(C(=O)C=Cc2ccccc2)C1c1ccccc1. The summed E-state index contributed by atoms with van der Waals surface area (Å²) in [6.07, 6.45) is 3.91. The van der Waals surface area contributed by atoms with Gasteiger partial charge in [0.25, 0.3) is 5.91 Å². The van der Waals surface area contributed by atoms with Gasteiger partial charge in [-0.05, 0) is 43.3 Å². The van der Waals surface area contributed by atoms with Gasteiger partial charge in [0.2, 0.25) is 0 Å². The summed E-state index contributed by atoms with van der Waals surface area (Å²) in [6, 6.07) is 18.3. The zero-order chi connectivity index (χ0) is 22.2. The average molecular weight is 419 g/mol. The van der Waals surface area contributed by atoms with E-state index in [0.717, 1.165) is 37.2 Å². The number of aliphatic hydroxyl groups excluding tert-OH is 1. The van der Waals surface area contributed by atoms with E-state index in [4.69, 9.17) is 0 Å². The van der Waals surface area contributed by atoms with Gasteiger partial charge in [-0.15, -0.1) is 0 Å². The van der Waals surface area contributed by atoms with Gasteiger partial charge in [0.1, 0.15) is 0 Å². The van der Waals surface area contributed by atoms with Crippen molar-refractivity contribution >= 4 is 17.8 Å². The summed E-state index contributed by atoms with van der Waals surface area (Å²) in [5.41, 5.74) is 1.85. The third kappa shape index (κ3) is 5.30. The Kier molecular flexibility index (Phi) is 7.79. The summed E-state index contributed by atoms with van der Waals surface area (Å²) >= 11 is 0. The quantitative estimate of drug-likeness (QED) is 0.581. The molecule has 0 radical (unpaired) electrons. The van der Waals surface area contributed by atoms with Crippen LogP contribution in [0.2, 0.25) is 0 Å². The fourth-order valence-corrected chi connectivity index (χ4v) is 3.95. The molecule has 2 aromatic rings. The lowest BCUT2D eigenvalue weighted by Crippen LogP contribution is -2.34. The number of hydrogen-bond donors (Lipinski definition) is 1. The van der Waals surface area contributed by atoms with Crippen molar-refractivity contribution < 1.29 is 14.7 Å². The predicted octanol–water partition coefficient (Wildman–Crippen LogP) is 4.40. The van der Waals surface area contributed by atoms with Gasteiger partial charge in [-0.3, -0.25) is 9.59 Å². The van der Waals surface area contributed by atoms with Crippen LogP contribution in [-0.4, -0.2) is 52.8 Å². The average Bonchev–Trinajstić information content (AvgIpc) is 3.06. The summed E-state index contributed by atoms with van der Waals surface area (Å²) in [5, 5.41) is 10.7. The van der Waals surface area contributed by atoms with Crippen LogP contribution in [0, 0.1) is 0 Å². The van der Waals surface area contributed by atoms with Gasteiger partial charge in [-0.25, -0.2) is 0 Å². The number of rotatable bonds is 10. The van der Waals surface area contributed by atoms with Crippen LogP contribution in [0.15, 0.2) is 78.1 Å². The number of ketones is 1. The molecule has 0 aromatic heterocycles. The maximum atomic E-state index is 13.1. The molecule has 5 nitrogen and oxygen atoms in total. The van der Waals surface area contributed by atoms with E-state index in [0.29, 0.717) is 6.54 Å². The Labute approximate surface area is 184 Å².